The third-order valence-corrected chi connectivity index (χ3v) is 12.6. The normalized spacial score (nSPS) is 22.4. The first-order valence-electron chi connectivity index (χ1n) is 11.4. The zero-order valence-corrected chi connectivity index (χ0v) is 23.2. The van der Waals surface area contributed by atoms with Gasteiger partial charge in [0.25, 0.3) is 0 Å². The van der Waals surface area contributed by atoms with Crippen molar-refractivity contribution in [2.45, 2.75) is 63.2 Å². The van der Waals surface area contributed by atoms with Gasteiger partial charge in [0.05, 0.1) is 0 Å². The van der Waals surface area contributed by atoms with Gasteiger partial charge in [0.2, 0.25) is 0 Å². The maximum absolute atomic E-state index is 2.43. The van der Waals surface area contributed by atoms with Gasteiger partial charge in [0, 0.05) is 17.0 Å². The van der Waals surface area contributed by atoms with Crippen molar-refractivity contribution in [3.63, 3.8) is 0 Å². The average molecular weight is 504 g/mol. The molecule has 0 heterocycles. The van der Waals surface area contributed by atoms with Crippen molar-refractivity contribution in [3.8, 4) is 0 Å². The van der Waals surface area contributed by atoms with Gasteiger partial charge in [-0.15, -0.1) is 0 Å². The van der Waals surface area contributed by atoms with E-state index < -0.39 is 0 Å². The van der Waals surface area contributed by atoms with Crippen LogP contribution in [-0.2, 0) is 17.1 Å². The van der Waals surface area contributed by atoms with Gasteiger partial charge in [-0.1, -0.05) is 106 Å². The molecule has 2 fully saturated rings. The van der Waals surface area contributed by atoms with E-state index in [9.17, 15) is 0 Å². The summed E-state index contributed by atoms with van der Waals surface area (Å²) in [5.41, 5.74) is 2.77. The van der Waals surface area contributed by atoms with Crippen LogP contribution >= 0.6 is 15.8 Å². The van der Waals surface area contributed by atoms with Crippen LogP contribution in [0, 0.1) is 62.9 Å². The molecule has 0 aromatic rings. The van der Waals surface area contributed by atoms with E-state index in [2.05, 4.69) is 109 Å². The van der Waals surface area contributed by atoms with E-state index in [1.807, 2.05) is 32.1 Å². The second-order valence-electron chi connectivity index (χ2n) is 10.3. The summed E-state index contributed by atoms with van der Waals surface area (Å²) in [5.74, 6) is 1.61. The van der Waals surface area contributed by atoms with Gasteiger partial charge in [-0.2, -0.15) is 0 Å². The van der Waals surface area contributed by atoms with Crippen molar-refractivity contribution in [1.29, 1.82) is 0 Å². The van der Waals surface area contributed by atoms with E-state index in [1.165, 1.54) is 6.16 Å². The number of hydrogen-bond donors (Lipinski definition) is 0. The standard InChI is InChI=1S/C24H33P2.C5H5.Fe/c1-23(2,3)25(24(4,5)6)18-19-12-11-17-22(19)26(20-13-7-8-14-20)21-15-9-10-16-21;1-2-4-5-3-1;/h7-17,20-21H,18H2,1-6H3;1-5H;/q;;+2. The molecule has 0 aliphatic heterocycles. The predicted molar refractivity (Wildman–Crippen MR) is 143 cm³/mol. The summed E-state index contributed by atoms with van der Waals surface area (Å²) in [6, 6.07) is 0. The fraction of sp³-hybridized carbons (Fsp3) is 0.379. The van der Waals surface area contributed by atoms with Crippen LogP contribution in [0.5, 0.6) is 0 Å². The van der Waals surface area contributed by atoms with E-state index in [0.29, 0.717) is 21.6 Å². The molecular weight excluding hydrogens is 466 g/mol. The maximum atomic E-state index is 2.43. The first kappa shape index (κ1) is 28.6. The van der Waals surface area contributed by atoms with Crippen LogP contribution in [0.4, 0.5) is 0 Å². The molecule has 0 spiro atoms. The fourth-order valence-corrected chi connectivity index (χ4v) is 11.2. The van der Waals surface area contributed by atoms with Crippen LogP contribution in [-0.4, -0.2) is 27.8 Å². The largest absolute Gasteiger partial charge is 2.00 e. The topological polar surface area (TPSA) is 0 Å². The summed E-state index contributed by atoms with van der Waals surface area (Å²) in [4.78, 5) is 0. The van der Waals surface area contributed by atoms with E-state index >= 15 is 0 Å². The molecule has 0 atom stereocenters. The molecule has 0 nitrogen and oxygen atoms in total. The smallest absolute Gasteiger partial charge is 0.0950 e. The molecule has 32 heavy (non-hydrogen) atoms. The summed E-state index contributed by atoms with van der Waals surface area (Å²) in [6.07, 6.45) is 36.9. The Labute approximate surface area is 213 Å². The van der Waals surface area contributed by atoms with Crippen LogP contribution in [0.1, 0.15) is 41.5 Å². The molecule has 3 heteroatoms. The van der Waals surface area contributed by atoms with Crippen molar-refractivity contribution >= 4 is 15.8 Å². The molecular formula is C29H38FeP2+2. The number of hydrogen-bond acceptors (Lipinski definition) is 0. The van der Waals surface area contributed by atoms with Gasteiger partial charge in [0.15, 0.2) is 0 Å². The predicted octanol–water partition coefficient (Wildman–Crippen LogP) is 8.29. The molecule has 4 aliphatic carbocycles. The first-order valence-corrected chi connectivity index (χ1v) is 14.4. The molecule has 0 aromatic heterocycles. The second kappa shape index (κ2) is 12.9. The monoisotopic (exact) mass is 504 g/mol. The Bertz CT molecular complexity index is 599. The molecule has 2 saturated carbocycles. The van der Waals surface area contributed by atoms with Crippen LogP contribution in [0.15, 0.2) is 48.6 Å². The molecule has 4 rings (SSSR count). The van der Waals surface area contributed by atoms with E-state index in [4.69, 9.17) is 0 Å². The molecule has 0 saturated heterocycles. The molecule has 0 amide bonds. The summed E-state index contributed by atoms with van der Waals surface area (Å²) in [5, 5.41) is 0.733. The van der Waals surface area contributed by atoms with Crippen molar-refractivity contribution in [1.82, 2.24) is 0 Å². The Morgan fingerprint density at radius 2 is 1.03 bits per heavy atom. The average Bonchev–Trinajstić information content (AvgIpc) is 3.49. The zero-order valence-electron chi connectivity index (χ0n) is 20.3. The van der Waals surface area contributed by atoms with E-state index in [1.54, 1.807) is 11.6 Å². The van der Waals surface area contributed by atoms with Crippen LogP contribution in [0.3, 0.4) is 0 Å². The molecule has 0 unspecified atom stereocenters. The van der Waals surface area contributed by atoms with Gasteiger partial charge in [-0.3, -0.25) is 0 Å². The third-order valence-electron chi connectivity index (χ3n) is 5.76. The summed E-state index contributed by atoms with van der Waals surface area (Å²) in [7, 11) is -0.401. The van der Waals surface area contributed by atoms with Crippen molar-refractivity contribution in [2.24, 2.45) is 0 Å². The summed E-state index contributed by atoms with van der Waals surface area (Å²) in [6.45, 7) is 14.6. The number of allylic oxidation sites excluding steroid dienone is 8. The summed E-state index contributed by atoms with van der Waals surface area (Å²) >= 11 is 0. The van der Waals surface area contributed by atoms with E-state index in [0.717, 1.165) is 0 Å². The van der Waals surface area contributed by atoms with Crippen LogP contribution in [0.2, 0.25) is 0 Å². The third kappa shape index (κ3) is 7.94. The molecule has 0 aromatic carbocycles. The van der Waals surface area contributed by atoms with Crippen molar-refractivity contribution in [3.05, 3.63) is 112 Å². The minimum atomic E-state index is -0.281. The van der Waals surface area contributed by atoms with Gasteiger partial charge in [-0.25, -0.2) is 0 Å². The number of rotatable bonds is 5. The van der Waals surface area contributed by atoms with Crippen molar-refractivity contribution in [2.75, 3.05) is 6.16 Å². The zero-order chi connectivity index (χ0) is 22.5. The van der Waals surface area contributed by atoms with Crippen molar-refractivity contribution < 1.29 is 17.1 Å². The van der Waals surface area contributed by atoms with Gasteiger partial charge in [-0.05, 0) is 73.8 Å². The van der Waals surface area contributed by atoms with Gasteiger partial charge in [0.1, 0.15) is 0 Å². The quantitative estimate of drug-likeness (QED) is 0.261. The van der Waals surface area contributed by atoms with Crippen LogP contribution in [0.25, 0.3) is 0 Å². The maximum Gasteiger partial charge on any atom is 2.00 e. The first-order chi connectivity index (χ1) is 14.7. The Hall–Kier alpha value is 0.339. The Kier molecular flexibility index (Phi) is 11.5. The fourth-order valence-electron chi connectivity index (χ4n) is 4.54. The van der Waals surface area contributed by atoms with Crippen LogP contribution < -0.4 is 0 Å². The van der Waals surface area contributed by atoms with E-state index in [-0.39, 0.29) is 32.9 Å². The molecule has 0 N–H and O–H groups in total. The molecule has 4 aliphatic rings. The Morgan fingerprint density at radius 3 is 1.41 bits per heavy atom. The molecule has 170 valence electrons. The minimum Gasteiger partial charge on any atom is -0.0950 e. The SMILES string of the molecule is CC(C)(C)P(C[C]1[CH][CH][CH][C]1P(C1C=CC=C1)C1C=CC=C1)C(C)(C)C.[CH]1[CH][CH][CH][CH]1.[Fe+2]. The summed E-state index contributed by atoms with van der Waals surface area (Å²) < 4.78 is 0. The second-order valence-corrected chi connectivity index (χ2v) is 16.6. The Morgan fingerprint density at radius 1 is 0.625 bits per heavy atom. The Balaban J connectivity index is 0.000000534. The van der Waals surface area contributed by atoms with Gasteiger partial charge < -0.3 is 0 Å². The molecule has 10 radical (unpaired) electrons. The van der Waals surface area contributed by atoms with Gasteiger partial charge >= 0.3 is 17.1 Å². The minimum absolute atomic E-state index is 0. The molecule has 0 bridgehead atoms.